The standard InChI is InChI=1S/C11H18O5/c1-10(2)5-4-6-11(16-10,7-8(12)13)9(14)15-3/h4-7H2,1-3H3,(H,12,13). The van der Waals surface area contributed by atoms with E-state index in [4.69, 9.17) is 9.84 Å². The maximum absolute atomic E-state index is 11.7. The molecular formula is C11H18O5. The van der Waals surface area contributed by atoms with Gasteiger partial charge in [-0.15, -0.1) is 0 Å². The normalized spacial score (nSPS) is 28.4. The summed E-state index contributed by atoms with van der Waals surface area (Å²) in [4.78, 5) is 22.5. The first-order chi connectivity index (χ1) is 7.31. The zero-order valence-electron chi connectivity index (χ0n) is 9.91. The monoisotopic (exact) mass is 230 g/mol. The molecule has 0 aromatic rings. The Morgan fingerprint density at radius 3 is 2.44 bits per heavy atom. The molecule has 0 aromatic carbocycles. The van der Waals surface area contributed by atoms with E-state index in [-0.39, 0.29) is 6.42 Å². The molecule has 0 radical (unpaired) electrons. The third-order valence-corrected chi connectivity index (χ3v) is 2.83. The minimum Gasteiger partial charge on any atom is -0.481 e. The molecule has 16 heavy (non-hydrogen) atoms. The lowest BCUT2D eigenvalue weighted by Crippen LogP contribution is -2.52. The van der Waals surface area contributed by atoms with Gasteiger partial charge in [-0.25, -0.2) is 4.79 Å². The maximum Gasteiger partial charge on any atom is 0.338 e. The molecule has 0 amide bonds. The Labute approximate surface area is 94.7 Å². The first-order valence-corrected chi connectivity index (χ1v) is 5.32. The molecule has 0 spiro atoms. The van der Waals surface area contributed by atoms with E-state index in [0.29, 0.717) is 6.42 Å². The number of carboxylic acid groups (broad SMARTS) is 1. The molecule has 1 rings (SSSR count). The maximum atomic E-state index is 11.7. The third kappa shape index (κ3) is 2.72. The quantitative estimate of drug-likeness (QED) is 0.741. The van der Waals surface area contributed by atoms with E-state index in [1.54, 1.807) is 0 Å². The predicted octanol–water partition coefficient (Wildman–Crippen LogP) is 1.35. The number of methoxy groups -OCH3 is 1. The van der Waals surface area contributed by atoms with Crippen LogP contribution in [-0.2, 0) is 19.1 Å². The van der Waals surface area contributed by atoms with E-state index >= 15 is 0 Å². The highest BCUT2D eigenvalue weighted by Gasteiger charge is 2.49. The van der Waals surface area contributed by atoms with E-state index in [1.807, 2.05) is 13.8 Å². The van der Waals surface area contributed by atoms with Crippen LogP contribution in [-0.4, -0.2) is 35.4 Å². The Kier molecular flexibility index (Phi) is 3.57. The summed E-state index contributed by atoms with van der Waals surface area (Å²) in [6, 6.07) is 0. The third-order valence-electron chi connectivity index (χ3n) is 2.83. The Balaban J connectivity index is 2.94. The van der Waals surface area contributed by atoms with Crippen molar-refractivity contribution in [3.8, 4) is 0 Å². The molecule has 1 aliphatic rings. The van der Waals surface area contributed by atoms with Crippen molar-refractivity contribution in [2.24, 2.45) is 0 Å². The topological polar surface area (TPSA) is 72.8 Å². The second-order valence-corrected chi connectivity index (χ2v) is 4.77. The van der Waals surface area contributed by atoms with Crippen molar-refractivity contribution in [2.45, 2.75) is 50.7 Å². The van der Waals surface area contributed by atoms with Crippen LogP contribution >= 0.6 is 0 Å². The predicted molar refractivity (Wildman–Crippen MR) is 56.0 cm³/mol. The minimum absolute atomic E-state index is 0.344. The van der Waals surface area contributed by atoms with Gasteiger partial charge in [0.1, 0.15) is 0 Å². The van der Waals surface area contributed by atoms with Crippen molar-refractivity contribution in [3.05, 3.63) is 0 Å². The number of rotatable bonds is 3. The summed E-state index contributed by atoms with van der Waals surface area (Å²) < 4.78 is 10.3. The molecule has 1 atom stereocenters. The summed E-state index contributed by atoms with van der Waals surface area (Å²) in [6.45, 7) is 3.71. The van der Waals surface area contributed by atoms with Crippen LogP contribution in [0.25, 0.3) is 0 Å². The van der Waals surface area contributed by atoms with Gasteiger partial charge in [0.05, 0.1) is 19.1 Å². The summed E-state index contributed by atoms with van der Waals surface area (Å²) in [6.07, 6.45) is 1.62. The second-order valence-electron chi connectivity index (χ2n) is 4.77. The highest BCUT2D eigenvalue weighted by Crippen LogP contribution is 2.38. The summed E-state index contributed by atoms with van der Waals surface area (Å²) in [5.74, 6) is -1.65. The lowest BCUT2D eigenvalue weighted by Gasteiger charge is -2.42. The average Bonchev–Trinajstić information content (AvgIpc) is 2.13. The molecule has 5 heteroatoms. The average molecular weight is 230 g/mol. The molecule has 1 aliphatic heterocycles. The van der Waals surface area contributed by atoms with Crippen molar-refractivity contribution in [2.75, 3.05) is 7.11 Å². The lowest BCUT2D eigenvalue weighted by molar-refractivity contribution is -0.209. The van der Waals surface area contributed by atoms with Crippen molar-refractivity contribution < 1.29 is 24.2 Å². The van der Waals surface area contributed by atoms with Crippen LogP contribution in [0.1, 0.15) is 39.5 Å². The molecule has 1 unspecified atom stereocenters. The molecule has 1 saturated heterocycles. The number of carboxylic acids is 1. The van der Waals surface area contributed by atoms with Crippen LogP contribution in [0.5, 0.6) is 0 Å². The molecule has 1 N–H and O–H groups in total. The van der Waals surface area contributed by atoms with Crippen LogP contribution in [0.15, 0.2) is 0 Å². The molecule has 5 nitrogen and oxygen atoms in total. The van der Waals surface area contributed by atoms with Crippen LogP contribution < -0.4 is 0 Å². The highest BCUT2D eigenvalue weighted by atomic mass is 16.6. The fourth-order valence-electron chi connectivity index (χ4n) is 2.20. The van der Waals surface area contributed by atoms with Crippen LogP contribution in [0.3, 0.4) is 0 Å². The van der Waals surface area contributed by atoms with Crippen LogP contribution in [0.2, 0.25) is 0 Å². The smallest absolute Gasteiger partial charge is 0.338 e. The van der Waals surface area contributed by atoms with Gasteiger partial charge in [-0.1, -0.05) is 0 Å². The molecule has 1 heterocycles. The van der Waals surface area contributed by atoms with E-state index in [1.165, 1.54) is 7.11 Å². The lowest BCUT2D eigenvalue weighted by atomic mass is 9.84. The fourth-order valence-corrected chi connectivity index (χ4v) is 2.20. The summed E-state index contributed by atoms with van der Waals surface area (Å²) >= 11 is 0. The Bertz CT molecular complexity index is 297. The molecule has 0 bridgehead atoms. The Hall–Kier alpha value is -1.10. The van der Waals surface area contributed by atoms with Crippen molar-refractivity contribution in [3.63, 3.8) is 0 Å². The Morgan fingerprint density at radius 2 is 2.00 bits per heavy atom. The number of esters is 1. The SMILES string of the molecule is COC(=O)C1(CC(=O)O)CCCC(C)(C)O1. The van der Waals surface area contributed by atoms with Gasteiger partial charge in [0.25, 0.3) is 0 Å². The number of carbonyl (C=O) groups is 2. The number of carbonyl (C=O) groups excluding carboxylic acids is 1. The van der Waals surface area contributed by atoms with Gasteiger partial charge >= 0.3 is 11.9 Å². The number of hydrogen-bond acceptors (Lipinski definition) is 4. The van der Waals surface area contributed by atoms with Crippen LogP contribution in [0, 0.1) is 0 Å². The first kappa shape index (κ1) is 13.0. The highest BCUT2D eigenvalue weighted by molar-refractivity contribution is 5.85. The van der Waals surface area contributed by atoms with Gasteiger partial charge in [-0.3, -0.25) is 4.79 Å². The first-order valence-electron chi connectivity index (χ1n) is 5.32. The van der Waals surface area contributed by atoms with Gasteiger partial charge < -0.3 is 14.6 Å². The second kappa shape index (κ2) is 4.41. The summed E-state index contributed by atoms with van der Waals surface area (Å²) in [7, 11) is 1.25. The van der Waals surface area contributed by atoms with Crippen molar-refractivity contribution >= 4 is 11.9 Å². The summed E-state index contributed by atoms with van der Waals surface area (Å²) in [5, 5.41) is 8.86. The fraction of sp³-hybridized carbons (Fsp3) is 0.818. The Morgan fingerprint density at radius 1 is 1.38 bits per heavy atom. The van der Waals surface area contributed by atoms with Gasteiger partial charge in [-0.2, -0.15) is 0 Å². The summed E-state index contributed by atoms with van der Waals surface area (Å²) in [5.41, 5.74) is -1.80. The number of ether oxygens (including phenoxy) is 2. The number of aliphatic carboxylic acids is 1. The molecule has 0 aromatic heterocycles. The van der Waals surface area contributed by atoms with E-state index in [9.17, 15) is 9.59 Å². The van der Waals surface area contributed by atoms with Crippen molar-refractivity contribution in [1.29, 1.82) is 0 Å². The van der Waals surface area contributed by atoms with Gasteiger partial charge in [0.15, 0.2) is 5.60 Å². The van der Waals surface area contributed by atoms with E-state index < -0.39 is 23.1 Å². The zero-order valence-corrected chi connectivity index (χ0v) is 9.91. The number of hydrogen-bond donors (Lipinski definition) is 1. The molecule has 0 saturated carbocycles. The van der Waals surface area contributed by atoms with E-state index in [0.717, 1.165) is 12.8 Å². The molecular weight excluding hydrogens is 212 g/mol. The zero-order chi connectivity index (χ0) is 12.4. The van der Waals surface area contributed by atoms with E-state index in [2.05, 4.69) is 4.74 Å². The molecule has 0 aliphatic carbocycles. The van der Waals surface area contributed by atoms with Gasteiger partial charge in [0.2, 0.25) is 0 Å². The molecule has 1 fully saturated rings. The largest absolute Gasteiger partial charge is 0.481 e. The molecule has 92 valence electrons. The van der Waals surface area contributed by atoms with Gasteiger partial charge in [0, 0.05) is 0 Å². The minimum atomic E-state index is -1.32. The van der Waals surface area contributed by atoms with Crippen LogP contribution in [0.4, 0.5) is 0 Å². The van der Waals surface area contributed by atoms with Gasteiger partial charge in [-0.05, 0) is 33.1 Å². The van der Waals surface area contributed by atoms with Crippen molar-refractivity contribution in [1.82, 2.24) is 0 Å².